The number of nitrogens with zero attached hydrogens (tertiary/aromatic N) is 4. The van der Waals surface area contributed by atoms with Crippen molar-refractivity contribution in [2.75, 3.05) is 5.43 Å². The molecule has 1 saturated carbocycles. The van der Waals surface area contributed by atoms with Gasteiger partial charge in [0, 0.05) is 23.4 Å². The fourth-order valence-electron chi connectivity index (χ4n) is 5.54. The van der Waals surface area contributed by atoms with Crippen LogP contribution >= 0.6 is 0 Å². The van der Waals surface area contributed by atoms with E-state index in [1.165, 1.54) is 5.56 Å². The molecule has 6 heteroatoms. The van der Waals surface area contributed by atoms with Gasteiger partial charge in [-0.3, -0.25) is 9.78 Å². The third kappa shape index (κ3) is 3.43. The zero-order chi connectivity index (χ0) is 23.0. The molecule has 0 unspecified atom stereocenters. The Bertz CT molecular complexity index is 1420. The third-order valence-corrected chi connectivity index (χ3v) is 7.07. The molecule has 2 aliphatic carbocycles. The Morgan fingerprint density at radius 1 is 0.941 bits per heavy atom. The summed E-state index contributed by atoms with van der Waals surface area (Å²) in [6.07, 6.45) is 10.4. The van der Waals surface area contributed by atoms with Crippen LogP contribution in [-0.4, -0.2) is 20.7 Å². The minimum atomic E-state index is -0.150. The summed E-state index contributed by atoms with van der Waals surface area (Å²) in [4.78, 5) is 23.4. The van der Waals surface area contributed by atoms with E-state index in [1.54, 1.807) is 23.2 Å². The van der Waals surface area contributed by atoms with E-state index < -0.39 is 0 Å². The third-order valence-electron chi connectivity index (χ3n) is 7.07. The van der Waals surface area contributed by atoms with Gasteiger partial charge in [0.2, 0.25) is 5.95 Å². The Kier molecular flexibility index (Phi) is 5.06. The first-order chi connectivity index (χ1) is 16.8. The molecule has 0 radical (unpaired) electrons. The molecule has 4 aromatic rings. The minimum absolute atomic E-state index is 0.00536. The van der Waals surface area contributed by atoms with Crippen LogP contribution in [-0.2, 0) is 11.8 Å². The molecule has 0 saturated heterocycles. The van der Waals surface area contributed by atoms with Crippen LogP contribution in [0.3, 0.4) is 0 Å². The Hall–Kier alpha value is -4.06. The lowest BCUT2D eigenvalue weighted by atomic mass is 9.68. The lowest BCUT2D eigenvalue weighted by Crippen LogP contribution is -2.40. The zero-order valence-electron chi connectivity index (χ0n) is 18.8. The van der Waals surface area contributed by atoms with Gasteiger partial charge >= 0.3 is 0 Å². The van der Waals surface area contributed by atoms with Crippen LogP contribution in [0.2, 0.25) is 0 Å². The van der Waals surface area contributed by atoms with E-state index in [4.69, 9.17) is 4.98 Å². The average molecular weight is 448 g/mol. The number of hydrogen-bond acceptors (Lipinski definition) is 5. The molecule has 168 valence electrons. The van der Waals surface area contributed by atoms with Gasteiger partial charge in [0.1, 0.15) is 0 Å². The van der Waals surface area contributed by atoms with E-state index in [1.807, 2.05) is 48.5 Å². The van der Waals surface area contributed by atoms with Crippen LogP contribution in [0.5, 0.6) is 0 Å². The number of fused-ring (bicyclic) bond motifs is 4. The molecule has 1 N–H and O–H groups in total. The van der Waals surface area contributed by atoms with Crippen molar-refractivity contribution in [3.05, 3.63) is 106 Å². The number of aromatic nitrogens is 3. The second-order valence-corrected chi connectivity index (χ2v) is 9.11. The molecule has 6 rings (SSSR count). The number of anilines is 1. The Balaban J connectivity index is 1.57. The largest absolute Gasteiger partial charge is 0.268 e. The molecule has 2 aromatic carbocycles. The Labute approximate surface area is 198 Å². The van der Waals surface area contributed by atoms with Gasteiger partial charge in [-0.2, -0.15) is 5.10 Å². The van der Waals surface area contributed by atoms with Crippen LogP contribution in [0.25, 0.3) is 16.9 Å². The highest BCUT2D eigenvalue weighted by atomic mass is 16.1. The molecule has 0 aliphatic heterocycles. The first kappa shape index (κ1) is 20.5. The molecule has 6 nitrogen and oxygen atoms in total. The maximum atomic E-state index is 14.3. The first-order valence-electron chi connectivity index (χ1n) is 11.8. The standard InChI is InChI=1S/C28H25N5O/c34-26-24-25(23-11-5-4-8-21(23)18-28(24)14-6-7-15-28)31-27(33(26)22-9-2-1-3-10-22)32-30-19-20-12-16-29-17-13-20/h1-5,8-13,16-17,19H,6-7,14-15,18H2,(H,31,32)/b30-19-. The van der Waals surface area contributed by atoms with Crippen LogP contribution < -0.4 is 11.0 Å². The van der Waals surface area contributed by atoms with Crippen molar-refractivity contribution >= 4 is 12.2 Å². The van der Waals surface area contributed by atoms with Gasteiger partial charge < -0.3 is 0 Å². The van der Waals surface area contributed by atoms with E-state index >= 15 is 0 Å². The second kappa shape index (κ2) is 8.37. The lowest BCUT2D eigenvalue weighted by molar-refractivity contribution is 0.425. The van der Waals surface area contributed by atoms with Crippen LogP contribution in [0.4, 0.5) is 5.95 Å². The molecule has 34 heavy (non-hydrogen) atoms. The van der Waals surface area contributed by atoms with E-state index in [-0.39, 0.29) is 11.0 Å². The van der Waals surface area contributed by atoms with Crippen molar-refractivity contribution < 1.29 is 0 Å². The van der Waals surface area contributed by atoms with E-state index in [2.05, 4.69) is 33.7 Å². The average Bonchev–Trinajstić information content (AvgIpc) is 3.33. The lowest BCUT2D eigenvalue weighted by Gasteiger charge is -2.36. The summed E-state index contributed by atoms with van der Waals surface area (Å²) < 4.78 is 1.68. The number of rotatable bonds is 4. The van der Waals surface area contributed by atoms with Crippen molar-refractivity contribution in [3.8, 4) is 16.9 Å². The Morgan fingerprint density at radius 2 is 1.68 bits per heavy atom. The molecule has 2 aliphatic rings. The van der Waals surface area contributed by atoms with E-state index in [9.17, 15) is 4.79 Å². The summed E-state index contributed by atoms with van der Waals surface area (Å²) >= 11 is 0. The number of pyridine rings is 1. The number of para-hydroxylation sites is 1. The highest BCUT2D eigenvalue weighted by Gasteiger charge is 2.44. The normalized spacial score (nSPS) is 15.9. The fraction of sp³-hybridized carbons (Fsp3) is 0.214. The van der Waals surface area contributed by atoms with Gasteiger partial charge in [-0.1, -0.05) is 55.3 Å². The monoisotopic (exact) mass is 447 g/mol. The van der Waals surface area contributed by atoms with Crippen LogP contribution in [0.1, 0.15) is 42.4 Å². The highest BCUT2D eigenvalue weighted by Crippen LogP contribution is 2.50. The van der Waals surface area contributed by atoms with Gasteiger partial charge in [-0.05, 0) is 54.7 Å². The summed E-state index contributed by atoms with van der Waals surface area (Å²) in [6.45, 7) is 0. The maximum Gasteiger partial charge on any atom is 0.263 e. The van der Waals surface area contributed by atoms with Gasteiger partial charge in [-0.15, -0.1) is 0 Å². The molecule has 0 atom stereocenters. The minimum Gasteiger partial charge on any atom is -0.268 e. The van der Waals surface area contributed by atoms with E-state index in [0.717, 1.165) is 60.2 Å². The van der Waals surface area contributed by atoms with Gasteiger partial charge in [0.15, 0.2) is 0 Å². The highest BCUT2D eigenvalue weighted by molar-refractivity contribution is 5.80. The summed E-state index contributed by atoms with van der Waals surface area (Å²) in [7, 11) is 0. The molecule has 2 heterocycles. The van der Waals surface area contributed by atoms with Crippen molar-refractivity contribution in [1.29, 1.82) is 0 Å². The molecular formula is C28H25N5O. The summed E-state index contributed by atoms with van der Waals surface area (Å²) in [6, 6.07) is 21.8. The summed E-state index contributed by atoms with van der Waals surface area (Å²) in [5.74, 6) is 0.408. The predicted octanol–water partition coefficient (Wildman–Crippen LogP) is 5.11. The number of hydrazone groups is 1. The second-order valence-electron chi connectivity index (χ2n) is 9.11. The summed E-state index contributed by atoms with van der Waals surface area (Å²) in [5.41, 5.74) is 8.56. The van der Waals surface area contributed by atoms with Gasteiger partial charge in [0.25, 0.3) is 5.56 Å². The smallest absolute Gasteiger partial charge is 0.263 e. The van der Waals surface area contributed by atoms with Crippen molar-refractivity contribution in [2.24, 2.45) is 5.10 Å². The molecule has 2 aromatic heterocycles. The van der Waals surface area contributed by atoms with Crippen molar-refractivity contribution in [2.45, 2.75) is 37.5 Å². The topological polar surface area (TPSA) is 72.2 Å². The maximum absolute atomic E-state index is 14.3. The van der Waals surface area contributed by atoms with Crippen LogP contribution in [0.15, 0.2) is 89.0 Å². The van der Waals surface area contributed by atoms with Crippen molar-refractivity contribution in [1.82, 2.24) is 14.5 Å². The van der Waals surface area contributed by atoms with Crippen molar-refractivity contribution in [3.63, 3.8) is 0 Å². The first-order valence-corrected chi connectivity index (χ1v) is 11.8. The number of nitrogens with one attached hydrogen (secondary N) is 1. The number of benzene rings is 2. The van der Waals surface area contributed by atoms with Crippen LogP contribution in [0, 0.1) is 0 Å². The fourth-order valence-corrected chi connectivity index (χ4v) is 5.54. The number of hydrogen-bond donors (Lipinski definition) is 1. The molecule has 0 bridgehead atoms. The van der Waals surface area contributed by atoms with Gasteiger partial charge in [-0.25, -0.2) is 15.0 Å². The molecule has 0 amide bonds. The van der Waals surface area contributed by atoms with Gasteiger partial charge in [0.05, 0.1) is 23.2 Å². The quantitative estimate of drug-likeness (QED) is 0.349. The SMILES string of the molecule is O=c1c2c(nc(N/N=C\c3ccncc3)n1-c1ccccc1)-c1ccccc1CC21CCCC1. The molecule has 1 spiro atoms. The Morgan fingerprint density at radius 3 is 2.47 bits per heavy atom. The molecular weight excluding hydrogens is 422 g/mol. The molecule has 1 fully saturated rings. The predicted molar refractivity (Wildman–Crippen MR) is 135 cm³/mol. The zero-order valence-corrected chi connectivity index (χ0v) is 18.8. The van der Waals surface area contributed by atoms with E-state index in [0.29, 0.717) is 5.95 Å². The summed E-state index contributed by atoms with van der Waals surface area (Å²) in [5, 5.41) is 4.41.